The van der Waals surface area contributed by atoms with E-state index in [-0.39, 0.29) is 35.5 Å². The van der Waals surface area contributed by atoms with E-state index < -0.39 is 18.6 Å². The molecule has 0 nitrogen and oxygen atoms in total. The Bertz CT molecular complexity index is 1070. The fourth-order valence-corrected chi connectivity index (χ4v) is 21.6. The molecule has 0 aliphatic rings. The minimum absolute atomic E-state index is 0.0154. The molecule has 3 aromatic rings. The predicted octanol–water partition coefficient (Wildman–Crippen LogP) is 9.78. The van der Waals surface area contributed by atoms with Crippen LogP contribution in [0.15, 0.2) is 54.6 Å². The number of halogens is 2. The zero-order valence-electron chi connectivity index (χ0n) is 26.4. The van der Waals surface area contributed by atoms with Gasteiger partial charge in [-0.25, -0.2) is 0 Å². The first kappa shape index (κ1) is 31.9. The summed E-state index contributed by atoms with van der Waals surface area (Å²) in [5.74, 6) is -0.0926. The van der Waals surface area contributed by atoms with Crippen LogP contribution in [-0.2, 0) is 0 Å². The van der Waals surface area contributed by atoms with Gasteiger partial charge in [0.25, 0.3) is 0 Å². The molecule has 3 aromatic carbocycles. The van der Waals surface area contributed by atoms with E-state index in [0.717, 1.165) is 33.4 Å². The van der Waals surface area contributed by atoms with Crippen LogP contribution >= 0.6 is 0 Å². The molecule has 0 amide bonds. The van der Waals surface area contributed by atoms with Crippen molar-refractivity contribution >= 4 is 29.1 Å². The van der Waals surface area contributed by atoms with Crippen molar-refractivity contribution in [3.8, 4) is 0 Å². The molecule has 0 atom stereocenters. The van der Waals surface area contributed by atoms with E-state index in [1.54, 1.807) is 0 Å². The van der Waals surface area contributed by atoms with Gasteiger partial charge in [0.15, 0.2) is 0 Å². The van der Waals surface area contributed by atoms with Crippen molar-refractivity contribution in [2.24, 2.45) is 0 Å². The maximum atomic E-state index is 19.9. The molecule has 0 spiro atoms. The molecule has 0 heterocycles. The van der Waals surface area contributed by atoms with Crippen LogP contribution in [0.5, 0.6) is 0 Å². The Balaban J connectivity index is 2.89. The molecule has 0 aromatic heterocycles. The second kappa shape index (κ2) is 11.7. The standard InChI is InChI=1S/3C12H17.2FH.Sb/c3*1-9(2)11-6-5-7-12(8-11)10(3)4;;;/h3*5-7,9-10H,1-4H3;2*1H;/q;;;;;+2/p-2. The van der Waals surface area contributed by atoms with E-state index in [0.29, 0.717) is 10.5 Å². The summed E-state index contributed by atoms with van der Waals surface area (Å²) in [5, 5.41) is 0. The SMILES string of the molecule is CC(C)c1cccc(C(C)C)[c]1[Sb]([F])([F])([c]1c(C(C)C)cccc1C(C)C)[c]1c(C(C)C)cccc1C(C)C. The van der Waals surface area contributed by atoms with E-state index >= 15 is 5.63 Å². The third kappa shape index (κ3) is 5.49. The second-order valence-corrected chi connectivity index (χ2v) is 22.2. The summed E-state index contributed by atoms with van der Waals surface area (Å²) in [4.78, 5) is 0. The molecule has 0 unspecified atom stereocenters. The maximum absolute atomic E-state index is 19.9. The Morgan fingerprint density at radius 3 is 0.641 bits per heavy atom. The van der Waals surface area contributed by atoms with Crippen molar-refractivity contribution in [1.82, 2.24) is 0 Å². The topological polar surface area (TPSA) is 0 Å². The van der Waals surface area contributed by atoms with Crippen LogP contribution in [0.1, 0.15) is 152 Å². The van der Waals surface area contributed by atoms with Gasteiger partial charge < -0.3 is 0 Å². The Morgan fingerprint density at radius 1 is 0.359 bits per heavy atom. The van der Waals surface area contributed by atoms with Gasteiger partial charge in [0.1, 0.15) is 0 Å². The van der Waals surface area contributed by atoms with Gasteiger partial charge in [0.05, 0.1) is 0 Å². The van der Waals surface area contributed by atoms with Gasteiger partial charge in [-0.2, -0.15) is 0 Å². The van der Waals surface area contributed by atoms with Crippen molar-refractivity contribution < 1.29 is 5.63 Å². The van der Waals surface area contributed by atoms with Crippen LogP contribution in [0.25, 0.3) is 0 Å². The predicted molar refractivity (Wildman–Crippen MR) is 171 cm³/mol. The number of hydrogen-bond donors (Lipinski definition) is 0. The van der Waals surface area contributed by atoms with Gasteiger partial charge in [-0.15, -0.1) is 0 Å². The Kier molecular flexibility index (Phi) is 9.54. The summed E-state index contributed by atoms with van der Waals surface area (Å²) >= 11 is -7.28. The Hall–Kier alpha value is -1.66. The summed E-state index contributed by atoms with van der Waals surface area (Å²) in [6.07, 6.45) is 0. The summed E-state index contributed by atoms with van der Waals surface area (Å²) in [5.41, 5.74) is 4.89. The van der Waals surface area contributed by atoms with E-state index in [4.69, 9.17) is 0 Å². The molecule has 0 aliphatic carbocycles. The average molecular weight is 644 g/mol. The van der Waals surface area contributed by atoms with Crippen LogP contribution in [0.4, 0.5) is 5.63 Å². The molecule has 39 heavy (non-hydrogen) atoms. The normalized spacial score (nSPS) is 13.8. The number of benzene rings is 3. The molecule has 3 rings (SSSR count). The first-order valence-electron chi connectivity index (χ1n) is 14.9. The first-order valence-corrected chi connectivity index (χ1v) is 20.7. The number of hydrogen-bond acceptors (Lipinski definition) is 0. The van der Waals surface area contributed by atoms with Gasteiger partial charge in [-0.3, -0.25) is 0 Å². The van der Waals surface area contributed by atoms with Gasteiger partial charge >= 0.3 is 241 Å². The molecule has 0 fully saturated rings. The molecule has 0 saturated carbocycles. The van der Waals surface area contributed by atoms with E-state index in [2.05, 4.69) is 83.1 Å². The molecule has 0 aliphatic heterocycles. The molecule has 0 bridgehead atoms. The molecular formula is C36H51F2Sb. The zero-order valence-corrected chi connectivity index (χ0v) is 28.9. The molecule has 0 radical (unpaired) electrons. The minimum atomic E-state index is -7.28. The van der Waals surface area contributed by atoms with Gasteiger partial charge in [0, 0.05) is 0 Å². The average Bonchev–Trinajstić information content (AvgIpc) is 2.87. The molecule has 0 saturated heterocycles. The number of rotatable bonds is 9. The molecule has 3 heteroatoms. The summed E-state index contributed by atoms with van der Waals surface area (Å²) in [6.45, 7) is 24.9. The van der Waals surface area contributed by atoms with Crippen LogP contribution in [0.2, 0.25) is 0 Å². The zero-order chi connectivity index (χ0) is 29.5. The Labute approximate surface area is 240 Å². The molecule has 214 valence electrons. The van der Waals surface area contributed by atoms with E-state index in [1.807, 2.05) is 54.6 Å². The third-order valence-corrected chi connectivity index (χ3v) is 19.4. The van der Waals surface area contributed by atoms with Crippen LogP contribution in [-0.4, -0.2) is 18.6 Å². The van der Waals surface area contributed by atoms with Crippen molar-refractivity contribution in [2.45, 2.75) is 119 Å². The summed E-state index contributed by atoms with van der Waals surface area (Å²) in [6, 6.07) is 17.9. The van der Waals surface area contributed by atoms with Crippen molar-refractivity contribution in [3.63, 3.8) is 0 Å². The fourth-order valence-electron chi connectivity index (χ4n) is 6.23. The van der Waals surface area contributed by atoms with Crippen LogP contribution in [0, 0.1) is 0 Å². The van der Waals surface area contributed by atoms with Gasteiger partial charge in [-0.05, 0) is 0 Å². The fraction of sp³-hybridized carbons (Fsp3) is 0.500. The van der Waals surface area contributed by atoms with Crippen molar-refractivity contribution in [3.05, 3.63) is 88.0 Å². The third-order valence-electron chi connectivity index (χ3n) is 8.21. The summed E-state index contributed by atoms with van der Waals surface area (Å²) < 4.78 is 41.0. The van der Waals surface area contributed by atoms with E-state index in [1.165, 1.54) is 0 Å². The quantitative estimate of drug-likeness (QED) is 0.204. The molecule has 0 N–H and O–H groups in total. The monoisotopic (exact) mass is 642 g/mol. The van der Waals surface area contributed by atoms with Gasteiger partial charge in [-0.1, -0.05) is 0 Å². The van der Waals surface area contributed by atoms with Gasteiger partial charge in [0.2, 0.25) is 0 Å². The van der Waals surface area contributed by atoms with Crippen LogP contribution in [0.3, 0.4) is 0 Å². The van der Waals surface area contributed by atoms with Crippen molar-refractivity contribution in [1.29, 1.82) is 0 Å². The van der Waals surface area contributed by atoms with E-state index in [9.17, 15) is 0 Å². The van der Waals surface area contributed by atoms with Crippen molar-refractivity contribution in [2.75, 3.05) is 0 Å². The molecular weight excluding hydrogens is 592 g/mol. The first-order chi connectivity index (χ1) is 18.0. The Morgan fingerprint density at radius 2 is 0.513 bits per heavy atom. The summed E-state index contributed by atoms with van der Waals surface area (Å²) in [7, 11) is 0. The van der Waals surface area contributed by atoms with Crippen LogP contribution < -0.4 is 10.5 Å². The second-order valence-electron chi connectivity index (χ2n) is 13.2.